The second-order valence-corrected chi connectivity index (χ2v) is 12.6. The summed E-state index contributed by atoms with van der Waals surface area (Å²) in [6.07, 6.45) is 38.0. The topological polar surface area (TPSA) is 40.5 Å². The third-order valence-corrected chi connectivity index (χ3v) is 8.84. The number of thiol groups is 1. The molecule has 1 atom stereocenters. The van der Waals surface area contributed by atoms with Gasteiger partial charge in [0.25, 0.3) is 0 Å². The Balaban J connectivity index is 3.75. The lowest BCUT2D eigenvalue weighted by Gasteiger charge is -2.28. The van der Waals surface area contributed by atoms with Crippen molar-refractivity contribution in [3.05, 3.63) is 0 Å². The SMILES string of the molecule is CCCCCCCCCCCCCCCCN(CCCCCCCCCCCCCCCC)[C@@H](CS)C(=O)O. The van der Waals surface area contributed by atoms with Gasteiger partial charge in [0.2, 0.25) is 0 Å². The van der Waals surface area contributed by atoms with Gasteiger partial charge in [0, 0.05) is 5.75 Å². The summed E-state index contributed by atoms with van der Waals surface area (Å²) in [5.41, 5.74) is 0. The highest BCUT2D eigenvalue weighted by Crippen LogP contribution is 2.16. The summed E-state index contributed by atoms with van der Waals surface area (Å²) in [6, 6.07) is -0.433. The van der Waals surface area contributed by atoms with Crippen molar-refractivity contribution in [2.75, 3.05) is 18.8 Å². The summed E-state index contributed by atoms with van der Waals surface area (Å²) < 4.78 is 0. The van der Waals surface area contributed by atoms with Crippen molar-refractivity contribution in [1.29, 1.82) is 0 Å². The molecule has 0 aliphatic heterocycles. The number of carboxylic acids is 1. The zero-order valence-corrected chi connectivity index (χ0v) is 27.6. The molecule has 0 bridgehead atoms. The zero-order valence-electron chi connectivity index (χ0n) is 26.7. The Bertz CT molecular complexity index is 455. The number of carbonyl (C=O) groups is 1. The number of carboxylic acid groups (broad SMARTS) is 1. The quantitative estimate of drug-likeness (QED) is 0.0610. The van der Waals surface area contributed by atoms with Gasteiger partial charge in [-0.05, 0) is 25.9 Å². The molecule has 0 aromatic heterocycles. The van der Waals surface area contributed by atoms with Crippen molar-refractivity contribution in [1.82, 2.24) is 4.90 Å². The van der Waals surface area contributed by atoms with E-state index in [1.165, 1.54) is 167 Å². The van der Waals surface area contributed by atoms with Crippen LogP contribution in [0.5, 0.6) is 0 Å². The molecule has 0 aliphatic carbocycles. The number of hydrogen-bond donors (Lipinski definition) is 2. The largest absolute Gasteiger partial charge is 0.480 e. The molecule has 0 saturated carbocycles. The Hall–Kier alpha value is -0.220. The van der Waals surface area contributed by atoms with Gasteiger partial charge < -0.3 is 5.11 Å². The predicted molar refractivity (Wildman–Crippen MR) is 177 cm³/mol. The number of unbranched alkanes of at least 4 members (excludes halogenated alkanes) is 26. The van der Waals surface area contributed by atoms with Crippen LogP contribution in [0.2, 0.25) is 0 Å². The summed E-state index contributed by atoms with van der Waals surface area (Å²) >= 11 is 4.37. The van der Waals surface area contributed by atoms with Gasteiger partial charge in [-0.2, -0.15) is 12.6 Å². The van der Waals surface area contributed by atoms with E-state index in [9.17, 15) is 9.90 Å². The molecular formula is C35H71NO2S. The normalized spacial score (nSPS) is 12.4. The van der Waals surface area contributed by atoms with Gasteiger partial charge >= 0.3 is 5.97 Å². The Labute approximate surface area is 251 Å². The highest BCUT2D eigenvalue weighted by Gasteiger charge is 2.23. The standard InChI is InChI=1S/C35H71NO2S/c1-3-5-7-9-11-13-15-17-19-21-23-25-27-29-31-36(34(33-39)35(37)38)32-30-28-26-24-22-20-18-16-14-12-10-8-6-4-2/h34,39H,3-33H2,1-2H3,(H,37,38)/t34-/m0/s1. The second-order valence-electron chi connectivity index (χ2n) is 12.3. The molecule has 1 N–H and O–H groups in total. The smallest absolute Gasteiger partial charge is 0.321 e. The van der Waals surface area contributed by atoms with Crippen LogP contribution in [0.15, 0.2) is 0 Å². The number of hydrogen-bond acceptors (Lipinski definition) is 3. The monoisotopic (exact) mass is 570 g/mol. The van der Waals surface area contributed by atoms with Gasteiger partial charge in [0.05, 0.1) is 0 Å². The van der Waals surface area contributed by atoms with E-state index < -0.39 is 12.0 Å². The molecule has 0 saturated heterocycles. The molecule has 0 rings (SSSR count). The maximum atomic E-state index is 11.8. The van der Waals surface area contributed by atoms with Gasteiger partial charge in [-0.15, -0.1) is 0 Å². The molecule has 234 valence electrons. The van der Waals surface area contributed by atoms with Crippen LogP contribution in [0, 0.1) is 0 Å². The first-order valence-electron chi connectivity index (χ1n) is 17.7. The van der Waals surface area contributed by atoms with Gasteiger partial charge in [-0.3, -0.25) is 9.69 Å². The first kappa shape index (κ1) is 38.8. The lowest BCUT2D eigenvalue weighted by atomic mass is 10.0. The molecule has 0 spiro atoms. The van der Waals surface area contributed by atoms with E-state index in [-0.39, 0.29) is 0 Å². The summed E-state index contributed by atoms with van der Waals surface area (Å²) in [5, 5.41) is 9.68. The van der Waals surface area contributed by atoms with Crippen LogP contribution in [0.25, 0.3) is 0 Å². The molecule has 4 heteroatoms. The van der Waals surface area contributed by atoms with E-state index in [0.29, 0.717) is 5.75 Å². The molecule has 0 aromatic carbocycles. The van der Waals surface area contributed by atoms with Crippen molar-refractivity contribution < 1.29 is 9.90 Å². The van der Waals surface area contributed by atoms with Gasteiger partial charge in [0.15, 0.2) is 0 Å². The van der Waals surface area contributed by atoms with Crippen molar-refractivity contribution in [2.24, 2.45) is 0 Å². The van der Waals surface area contributed by atoms with E-state index in [1.807, 2.05) is 0 Å². The Kier molecular flexibility index (Phi) is 32.1. The minimum atomic E-state index is -0.708. The summed E-state index contributed by atoms with van der Waals surface area (Å²) in [7, 11) is 0. The second kappa shape index (κ2) is 32.3. The third kappa shape index (κ3) is 27.7. The first-order valence-corrected chi connectivity index (χ1v) is 18.4. The molecule has 39 heavy (non-hydrogen) atoms. The van der Waals surface area contributed by atoms with Crippen LogP contribution in [0.3, 0.4) is 0 Å². The third-order valence-electron chi connectivity index (χ3n) is 8.50. The first-order chi connectivity index (χ1) is 19.2. The van der Waals surface area contributed by atoms with Crippen LogP contribution in [0.1, 0.15) is 194 Å². The molecule has 3 nitrogen and oxygen atoms in total. The van der Waals surface area contributed by atoms with Crippen LogP contribution < -0.4 is 0 Å². The van der Waals surface area contributed by atoms with E-state index >= 15 is 0 Å². The highest BCUT2D eigenvalue weighted by atomic mass is 32.1. The van der Waals surface area contributed by atoms with Crippen molar-refractivity contribution in [3.63, 3.8) is 0 Å². The van der Waals surface area contributed by atoms with Crippen LogP contribution >= 0.6 is 12.6 Å². The number of rotatable bonds is 33. The number of nitrogens with zero attached hydrogens (tertiary/aromatic N) is 1. The molecule has 0 heterocycles. The summed E-state index contributed by atoms with van der Waals surface area (Å²) in [6.45, 7) is 6.39. The van der Waals surface area contributed by atoms with E-state index in [4.69, 9.17) is 0 Å². The Morgan fingerprint density at radius 1 is 0.487 bits per heavy atom. The molecule has 0 fully saturated rings. The lowest BCUT2D eigenvalue weighted by molar-refractivity contribution is -0.142. The maximum absolute atomic E-state index is 11.8. The lowest BCUT2D eigenvalue weighted by Crippen LogP contribution is -2.43. The molecule has 0 amide bonds. The molecule has 0 aromatic rings. The van der Waals surface area contributed by atoms with Gasteiger partial charge in [-0.1, -0.05) is 181 Å². The van der Waals surface area contributed by atoms with E-state index in [1.54, 1.807) is 0 Å². The number of aliphatic carboxylic acids is 1. The predicted octanol–water partition coefficient (Wildman–Crippen LogP) is 11.6. The fourth-order valence-electron chi connectivity index (χ4n) is 5.79. The fourth-order valence-corrected chi connectivity index (χ4v) is 6.18. The summed E-state index contributed by atoms with van der Waals surface area (Å²) in [5.74, 6) is -0.298. The zero-order chi connectivity index (χ0) is 28.7. The van der Waals surface area contributed by atoms with Crippen LogP contribution in [-0.2, 0) is 4.79 Å². The van der Waals surface area contributed by atoms with Crippen molar-refractivity contribution in [3.8, 4) is 0 Å². The summed E-state index contributed by atoms with van der Waals surface area (Å²) in [4.78, 5) is 14.0. The van der Waals surface area contributed by atoms with Crippen molar-refractivity contribution >= 4 is 18.6 Å². The maximum Gasteiger partial charge on any atom is 0.321 e. The fraction of sp³-hybridized carbons (Fsp3) is 0.971. The van der Waals surface area contributed by atoms with E-state index in [0.717, 1.165) is 25.9 Å². The minimum Gasteiger partial charge on any atom is -0.480 e. The Morgan fingerprint density at radius 2 is 0.718 bits per heavy atom. The molecular weight excluding hydrogens is 498 g/mol. The van der Waals surface area contributed by atoms with E-state index in [2.05, 4.69) is 31.4 Å². The highest BCUT2D eigenvalue weighted by molar-refractivity contribution is 7.80. The average Bonchev–Trinajstić information content (AvgIpc) is 2.93. The van der Waals surface area contributed by atoms with Crippen molar-refractivity contribution in [2.45, 2.75) is 200 Å². The molecule has 0 unspecified atom stereocenters. The Morgan fingerprint density at radius 3 is 0.923 bits per heavy atom. The van der Waals surface area contributed by atoms with Gasteiger partial charge in [0.1, 0.15) is 6.04 Å². The molecule has 0 radical (unpaired) electrons. The van der Waals surface area contributed by atoms with Gasteiger partial charge in [-0.25, -0.2) is 0 Å². The van der Waals surface area contributed by atoms with Crippen LogP contribution in [0.4, 0.5) is 0 Å². The molecule has 0 aliphatic rings. The average molecular weight is 570 g/mol. The van der Waals surface area contributed by atoms with Crippen LogP contribution in [-0.4, -0.2) is 40.9 Å². The minimum absolute atomic E-state index is 0.409.